The van der Waals surface area contributed by atoms with Crippen molar-refractivity contribution in [3.63, 3.8) is 0 Å². The maximum atomic E-state index is 12.4. The highest BCUT2D eigenvalue weighted by molar-refractivity contribution is 7.15. The van der Waals surface area contributed by atoms with Crippen LogP contribution in [0.4, 0.5) is 16.1 Å². The fourth-order valence-electron chi connectivity index (χ4n) is 4.49. The Morgan fingerprint density at radius 2 is 1.39 bits per heavy atom. The molecule has 11 nitrogen and oxygen atoms in total. The van der Waals surface area contributed by atoms with Crippen molar-refractivity contribution in [2.45, 2.75) is 57.3 Å². The van der Waals surface area contributed by atoms with Gasteiger partial charge in [0.15, 0.2) is 0 Å². The Morgan fingerprint density at radius 3 is 1.95 bits per heavy atom. The van der Waals surface area contributed by atoms with Gasteiger partial charge in [-0.05, 0) is 50.5 Å². The molecule has 1 fully saturated rings. The second kappa shape index (κ2) is 11.7. The van der Waals surface area contributed by atoms with Gasteiger partial charge in [0, 0.05) is 23.2 Å². The Hall–Kier alpha value is -3.84. The zero-order valence-corrected chi connectivity index (χ0v) is 22.4. The van der Waals surface area contributed by atoms with Crippen molar-refractivity contribution in [1.29, 1.82) is 0 Å². The number of aromatic nitrogens is 6. The van der Waals surface area contributed by atoms with E-state index in [0.29, 0.717) is 21.8 Å². The topological polar surface area (TPSA) is 162 Å². The second-order valence-corrected chi connectivity index (χ2v) is 11.2. The first-order valence-corrected chi connectivity index (χ1v) is 13.9. The fraction of sp³-hybridized carbons (Fsp3) is 0.360. The van der Waals surface area contributed by atoms with E-state index in [-0.39, 0.29) is 36.5 Å². The maximum Gasteiger partial charge on any atom is 0.232 e. The second-order valence-electron chi connectivity index (χ2n) is 9.23. The highest BCUT2D eigenvalue weighted by Crippen LogP contribution is 2.43. The van der Waals surface area contributed by atoms with Crippen LogP contribution < -0.4 is 16.4 Å². The molecule has 0 saturated heterocycles. The Labute approximate surface area is 227 Å². The monoisotopic (exact) mass is 549 g/mol. The zero-order chi connectivity index (χ0) is 26.5. The summed E-state index contributed by atoms with van der Waals surface area (Å²) >= 11 is 2.81. The number of nitrogens with zero attached hydrogens (tertiary/aromatic N) is 6. The molecule has 13 heteroatoms. The Bertz CT molecular complexity index is 1330. The number of carbonyl (C=O) groups is 2. The van der Waals surface area contributed by atoms with Crippen molar-refractivity contribution in [3.05, 3.63) is 63.5 Å². The van der Waals surface area contributed by atoms with Crippen molar-refractivity contribution in [3.8, 4) is 0 Å². The van der Waals surface area contributed by atoms with E-state index in [9.17, 15) is 9.59 Å². The molecular weight excluding hydrogens is 522 g/mol. The lowest BCUT2D eigenvalue weighted by molar-refractivity contribution is -0.116. The molecule has 4 N–H and O–H groups in total. The first-order valence-electron chi connectivity index (χ1n) is 12.3. The number of anilines is 3. The summed E-state index contributed by atoms with van der Waals surface area (Å²) in [6.45, 7) is 1.90. The SMILES string of the molecule is Cc1cccc(CC(=O)Nc2nnc([C@H]3CCC[C@H](c4nnc(NC(=O)Cc5cccc(N)n5)s4)C3)s2)n1. The molecule has 4 aromatic rings. The predicted octanol–water partition coefficient (Wildman–Crippen LogP) is 3.87. The van der Waals surface area contributed by atoms with E-state index in [2.05, 4.69) is 41.0 Å². The third kappa shape index (κ3) is 6.72. The average molecular weight is 550 g/mol. The van der Waals surface area contributed by atoms with Crippen LogP contribution in [-0.4, -0.2) is 42.2 Å². The Balaban J connectivity index is 1.15. The van der Waals surface area contributed by atoms with E-state index >= 15 is 0 Å². The molecule has 1 aliphatic rings. The minimum absolute atomic E-state index is 0.114. The molecule has 0 radical (unpaired) electrons. The van der Waals surface area contributed by atoms with Crippen molar-refractivity contribution in [1.82, 2.24) is 30.4 Å². The molecule has 0 aliphatic heterocycles. The minimum Gasteiger partial charge on any atom is -0.384 e. The van der Waals surface area contributed by atoms with Crippen LogP contribution in [0.5, 0.6) is 0 Å². The lowest BCUT2D eigenvalue weighted by atomic mass is 9.82. The molecule has 0 unspecified atom stereocenters. The summed E-state index contributed by atoms with van der Waals surface area (Å²) in [5.74, 6) is 0.453. The number of amides is 2. The molecule has 2 amide bonds. The molecule has 4 aromatic heterocycles. The molecule has 5 rings (SSSR count). The van der Waals surface area contributed by atoms with Gasteiger partial charge in [-0.3, -0.25) is 14.6 Å². The van der Waals surface area contributed by atoms with Gasteiger partial charge in [0.2, 0.25) is 22.1 Å². The van der Waals surface area contributed by atoms with E-state index in [4.69, 9.17) is 5.73 Å². The van der Waals surface area contributed by atoms with Crippen LogP contribution in [0.2, 0.25) is 0 Å². The molecule has 1 aliphatic carbocycles. The molecular formula is C25H27N9O2S2. The van der Waals surface area contributed by atoms with Crippen molar-refractivity contribution < 1.29 is 9.59 Å². The van der Waals surface area contributed by atoms with Crippen LogP contribution in [0.15, 0.2) is 36.4 Å². The number of hydrogen-bond donors (Lipinski definition) is 3. The molecule has 1 saturated carbocycles. The summed E-state index contributed by atoms with van der Waals surface area (Å²) in [7, 11) is 0. The van der Waals surface area contributed by atoms with Gasteiger partial charge < -0.3 is 16.4 Å². The third-order valence-corrected chi connectivity index (χ3v) is 8.21. The van der Waals surface area contributed by atoms with E-state index in [1.165, 1.54) is 22.7 Å². The largest absolute Gasteiger partial charge is 0.384 e. The highest BCUT2D eigenvalue weighted by Gasteiger charge is 2.29. The molecule has 0 bridgehead atoms. The Morgan fingerprint density at radius 1 is 0.842 bits per heavy atom. The summed E-state index contributed by atoms with van der Waals surface area (Å²) < 4.78 is 0. The first kappa shape index (κ1) is 25.8. The predicted molar refractivity (Wildman–Crippen MR) is 146 cm³/mol. The lowest BCUT2D eigenvalue weighted by Crippen LogP contribution is -2.15. The normalized spacial score (nSPS) is 17.2. The van der Waals surface area contributed by atoms with Crippen LogP contribution in [0.1, 0.15) is 64.6 Å². The van der Waals surface area contributed by atoms with E-state index < -0.39 is 0 Å². The summed E-state index contributed by atoms with van der Waals surface area (Å²) in [6.07, 6.45) is 4.19. The highest BCUT2D eigenvalue weighted by atomic mass is 32.1. The number of nitrogen functional groups attached to an aromatic ring is 1. The van der Waals surface area contributed by atoms with Gasteiger partial charge in [0.1, 0.15) is 15.8 Å². The number of nitrogens with two attached hydrogens (primary N) is 1. The molecule has 196 valence electrons. The molecule has 38 heavy (non-hydrogen) atoms. The smallest absolute Gasteiger partial charge is 0.232 e. The molecule has 2 atom stereocenters. The first-order chi connectivity index (χ1) is 18.4. The van der Waals surface area contributed by atoms with Crippen LogP contribution in [0.3, 0.4) is 0 Å². The average Bonchev–Trinajstić information content (AvgIpc) is 3.54. The summed E-state index contributed by atoms with van der Waals surface area (Å²) in [6, 6.07) is 10.8. The van der Waals surface area contributed by atoms with E-state index in [1.54, 1.807) is 18.2 Å². The van der Waals surface area contributed by atoms with E-state index in [1.807, 2.05) is 25.1 Å². The quantitative estimate of drug-likeness (QED) is 0.296. The van der Waals surface area contributed by atoms with Gasteiger partial charge in [0.25, 0.3) is 0 Å². The summed E-state index contributed by atoms with van der Waals surface area (Å²) in [5, 5.41) is 25.5. The number of aryl methyl sites for hydroxylation is 1. The van der Waals surface area contributed by atoms with Crippen LogP contribution in [0, 0.1) is 6.92 Å². The third-order valence-electron chi connectivity index (χ3n) is 6.20. The van der Waals surface area contributed by atoms with Crippen LogP contribution in [0.25, 0.3) is 0 Å². The molecule has 0 spiro atoms. The molecule has 0 aromatic carbocycles. The summed E-state index contributed by atoms with van der Waals surface area (Å²) in [4.78, 5) is 33.4. The number of carbonyl (C=O) groups excluding carboxylic acids is 2. The maximum absolute atomic E-state index is 12.4. The van der Waals surface area contributed by atoms with Crippen molar-refractivity contribution in [2.24, 2.45) is 0 Å². The standard InChI is InChI=1S/C25H27N9O2S2/c1-14-5-2-8-17(27-14)12-20(35)29-24-33-31-22(37-24)15-6-3-7-16(11-15)23-32-34-25(38-23)30-21(36)13-18-9-4-10-19(26)28-18/h2,4-5,8-10,15-16H,3,6-7,11-13H2,1H3,(H2,26,28)(H,29,33,35)(H,30,34,36)/t15-,16-/m0/s1. The number of hydrogen-bond acceptors (Lipinski definition) is 11. The van der Waals surface area contributed by atoms with Gasteiger partial charge in [0.05, 0.1) is 18.5 Å². The van der Waals surface area contributed by atoms with Gasteiger partial charge in [-0.15, -0.1) is 20.4 Å². The number of nitrogens with one attached hydrogen (secondary N) is 2. The zero-order valence-electron chi connectivity index (χ0n) is 20.8. The van der Waals surface area contributed by atoms with Crippen LogP contribution >= 0.6 is 22.7 Å². The number of rotatable bonds is 8. The summed E-state index contributed by atoms with van der Waals surface area (Å²) in [5.41, 5.74) is 7.88. The van der Waals surface area contributed by atoms with Gasteiger partial charge in [-0.25, -0.2) is 4.98 Å². The molecule has 4 heterocycles. The van der Waals surface area contributed by atoms with Crippen molar-refractivity contribution in [2.75, 3.05) is 16.4 Å². The lowest BCUT2D eigenvalue weighted by Gasteiger charge is -2.25. The van der Waals surface area contributed by atoms with Crippen molar-refractivity contribution >= 4 is 50.6 Å². The fourth-order valence-corrected chi connectivity index (χ4v) is 6.30. The van der Waals surface area contributed by atoms with Gasteiger partial charge in [-0.1, -0.05) is 41.2 Å². The Kier molecular flexibility index (Phi) is 7.94. The minimum atomic E-state index is -0.214. The number of pyridine rings is 2. The van der Waals surface area contributed by atoms with E-state index in [0.717, 1.165) is 47.1 Å². The van der Waals surface area contributed by atoms with Gasteiger partial charge >= 0.3 is 0 Å². The van der Waals surface area contributed by atoms with Crippen LogP contribution in [-0.2, 0) is 22.4 Å². The van der Waals surface area contributed by atoms with Gasteiger partial charge in [-0.2, -0.15) is 0 Å².